The zero-order valence-electron chi connectivity index (χ0n) is 14.1. The largest absolute Gasteiger partial charge is 0.488 e. The third kappa shape index (κ3) is 4.69. The molecule has 0 fully saturated rings. The van der Waals surface area contributed by atoms with Crippen LogP contribution in [0.2, 0.25) is 0 Å². The van der Waals surface area contributed by atoms with Crippen LogP contribution in [0.15, 0.2) is 54.1 Å². The molecule has 6 heteroatoms. The Hall–Kier alpha value is -3.15. The number of rotatable bonds is 6. The molecule has 0 bridgehead atoms. The maximum absolute atomic E-state index is 12.8. The number of amides is 2. The lowest BCUT2D eigenvalue weighted by molar-refractivity contribution is -0.121. The van der Waals surface area contributed by atoms with Crippen molar-refractivity contribution >= 4 is 17.9 Å². The summed E-state index contributed by atoms with van der Waals surface area (Å²) in [7, 11) is 0. The summed E-state index contributed by atoms with van der Waals surface area (Å²) in [6, 6.07) is 13.3. The first kappa shape index (κ1) is 17.7. The molecule has 5 nitrogen and oxygen atoms in total. The van der Waals surface area contributed by atoms with Crippen LogP contribution in [-0.4, -0.2) is 31.5 Å². The van der Waals surface area contributed by atoms with Crippen molar-refractivity contribution in [1.29, 1.82) is 0 Å². The quantitative estimate of drug-likeness (QED) is 0.781. The number of hydrogen-bond donors (Lipinski definition) is 2. The highest BCUT2D eigenvalue weighted by atomic mass is 19.1. The molecule has 0 aromatic heterocycles. The number of ether oxygens (including phenoxy) is 1. The van der Waals surface area contributed by atoms with Gasteiger partial charge in [0.2, 0.25) is 5.91 Å². The predicted octanol–water partition coefficient (Wildman–Crippen LogP) is 2.08. The molecule has 3 rings (SSSR count). The average Bonchev–Trinajstić information content (AvgIpc) is 2.66. The molecule has 26 heavy (non-hydrogen) atoms. The van der Waals surface area contributed by atoms with Crippen molar-refractivity contribution in [2.45, 2.75) is 6.42 Å². The van der Waals surface area contributed by atoms with Gasteiger partial charge in [0.1, 0.15) is 18.2 Å². The minimum absolute atomic E-state index is 0.171. The van der Waals surface area contributed by atoms with E-state index in [1.54, 1.807) is 18.2 Å². The van der Waals surface area contributed by atoms with Gasteiger partial charge in [-0.3, -0.25) is 9.59 Å². The first-order valence-corrected chi connectivity index (χ1v) is 8.33. The van der Waals surface area contributed by atoms with Gasteiger partial charge in [-0.1, -0.05) is 30.3 Å². The summed E-state index contributed by atoms with van der Waals surface area (Å²) < 4.78 is 18.4. The molecule has 0 saturated heterocycles. The van der Waals surface area contributed by atoms with Crippen LogP contribution in [0.5, 0.6) is 5.75 Å². The molecular weight excluding hydrogens is 335 g/mol. The van der Waals surface area contributed by atoms with E-state index in [-0.39, 0.29) is 30.7 Å². The van der Waals surface area contributed by atoms with Crippen LogP contribution in [0.4, 0.5) is 4.39 Å². The molecule has 0 aliphatic carbocycles. The summed E-state index contributed by atoms with van der Waals surface area (Å²) in [6.07, 6.45) is 1.98. The number of carbonyl (C=O) groups is 2. The van der Waals surface area contributed by atoms with Crippen LogP contribution in [-0.2, 0) is 16.0 Å². The van der Waals surface area contributed by atoms with E-state index in [0.29, 0.717) is 18.7 Å². The summed E-state index contributed by atoms with van der Waals surface area (Å²) in [4.78, 5) is 24.0. The zero-order chi connectivity index (χ0) is 18.4. The molecule has 1 aliphatic rings. The van der Waals surface area contributed by atoms with Crippen molar-refractivity contribution in [3.63, 3.8) is 0 Å². The number of benzene rings is 2. The fourth-order valence-corrected chi connectivity index (χ4v) is 2.59. The Bertz CT molecular complexity index is 831. The van der Waals surface area contributed by atoms with Gasteiger partial charge in [-0.15, -0.1) is 0 Å². The monoisotopic (exact) mass is 354 g/mol. The minimum Gasteiger partial charge on any atom is -0.488 e. The van der Waals surface area contributed by atoms with E-state index in [2.05, 4.69) is 10.6 Å². The van der Waals surface area contributed by atoms with Crippen molar-refractivity contribution in [2.24, 2.45) is 0 Å². The number of fused-ring (bicyclic) bond motifs is 1. The van der Waals surface area contributed by atoms with Gasteiger partial charge in [-0.2, -0.15) is 0 Å². The summed E-state index contributed by atoms with van der Waals surface area (Å²) in [5, 5.41) is 5.48. The number of hydrogen-bond acceptors (Lipinski definition) is 3. The summed E-state index contributed by atoms with van der Waals surface area (Å²) >= 11 is 0. The fourth-order valence-electron chi connectivity index (χ4n) is 2.59. The Morgan fingerprint density at radius 2 is 1.73 bits per heavy atom. The standard InChI is InChI=1S/C20H19FN2O3/c21-17-7-5-14(6-8-17)11-19(24)22-9-10-23-20(25)16-12-15-3-1-2-4-18(15)26-13-16/h1-8,12H,9-11,13H2,(H,22,24)(H,23,25). The van der Waals surface area contributed by atoms with Crippen molar-refractivity contribution < 1.29 is 18.7 Å². The topological polar surface area (TPSA) is 67.4 Å². The third-order valence-corrected chi connectivity index (χ3v) is 3.93. The first-order chi connectivity index (χ1) is 12.6. The van der Waals surface area contributed by atoms with Crippen molar-refractivity contribution in [1.82, 2.24) is 10.6 Å². The molecule has 134 valence electrons. The maximum atomic E-state index is 12.8. The molecule has 1 heterocycles. The van der Waals surface area contributed by atoms with Crippen molar-refractivity contribution in [3.05, 3.63) is 71.0 Å². The van der Waals surface area contributed by atoms with E-state index in [1.165, 1.54) is 12.1 Å². The van der Waals surface area contributed by atoms with E-state index in [1.807, 2.05) is 24.3 Å². The molecular formula is C20H19FN2O3. The number of para-hydroxylation sites is 1. The number of halogens is 1. The molecule has 0 saturated carbocycles. The Morgan fingerprint density at radius 1 is 1.00 bits per heavy atom. The molecule has 2 N–H and O–H groups in total. The van der Waals surface area contributed by atoms with Crippen LogP contribution in [0.1, 0.15) is 11.1 Å². The highest BCUT2D eigenvalue weighted by molar-refractivity contribution is 5.99. The normalized spacial score (nSPS) is 12.4. The lowest BCUT2D eigenvalue weighted by Crippen LogP contribution is -2.36. The van der Waals surface area contributed by atoms with Crippen LogP contribution in [0.25, 0.3) is 6.08 Å². The number of nitrogens with one attached hydrogen (secondary N) is 2. The van der Waals surface area contributed by atoms with Gasteiger partial charge in [0.05, 0.1) is 12.0 Å². The second-order valence-electron chi connectivity index (χ2n) is 5.91. The van der Waals surface area contributed by atoms with E-state index < -0.39 is 0 Å². The van der Waals surface area contributed by atoms with Gasteiger partial charge in [0.25, 0.3) is 5.91 Å². The summed E-state index contributed by atoms with van der Waals surface area (Å²) in [5.74, 6) is 0.0323. The smallest absolute Gasteiger partial charge is 0.250 e. The van der Waals surface area contributed by atoms with Gasteiger partial charge in [-0.05, 0) is 29.8 Å². The van der Waals surface area contributed by atoms with Crippen LogP contribution >= 0.6 is 0 Å². The Morgan fingerprint density at radius 3 is 2.54 bits per heavy atom. The minimum atomic E-state index is -0.333. The molecule has 1 aliphatic heterocycles. The third-order valence-electron chi connectivity index (χ3n) is 3.93. The lowest BCUT2D eigenvalue weighted by Gasteiger charge is -2.17. The molecule has 0 unspecified atom stereocenters. The highest BCUT2D eigenvalue weighted by Crippen LogP contribution is 2.25. The Labute approximate surface area is 150 Å². The van der Waals surface area contributed by atoms with Gasteiger partial charge >= 0.3 is 0 Å². The average molecular weight is 354 g/mol. The van der Waals surface area contributed by atoms with Crippen LogP contribution in [0.3, 0.4) is 0 Å². The van der Waals surface area contributed by atoms with E-state index in [0.717, 1.165) is 16.9 Å². The van der Waals surface area contributed by atoms with E-state index in [9.17, 15) is 14.0 Å². The number of carbonyl (C=O) groups excluding carboxylic acids is 2. The molecule has 0 radical (unpaired) electrons. The van der Waals surface area contributed by atoms with E-state index >= 15 is 0 Å². The summed E-state index contributed by atoms with van der Waals surface area (Å²) in [6.45, 7) is 0.850. The van der Waals surface area contributed by atoms with Gasteiger partial charge in [0.15, 0.2) is 0 Å². The molecule has 2 amide bonds. The van der Waals surface area contributed by atoms with Crippen LogP contribution < -0.4 is 15.4 Å². The first-order valence-electron chi connectivity index (χ1n) is 8.33. The Balaban J connectivity index is 1.41. The van der Waals surface area contributed by atoms with Crippen molar-refractivity contribution in [3.8, 4) is 5.75 Å². The Kier molecular flexibility index (Phi) is 5.63. The van der Waals surface area contributed by atoms with Crippen molar-refractivity contribution in [2.75, 3.05) is 19.7 Å². The van der Waals surface area contributed by atoms with E-state index in [4.69, 9.17) is 4.74 Å². The summed E-state index contributed by atoms with van der Waals surface area (Å²) in [5.41, 5.74) is 2.15. The SMILES string of the molecule is O=C(Cc1ccc(F)cc1)NCCNC(=O)C1=Cc2ccccc2OC1. The van der Waals surface area contributed by atoms with Crippen LogP contribution in [0, 0.1) is 5.82 Å². The second kappa shape index (κ2) is 8.29. The fraction of sp³-hybridized carbons (Fsp3) is 0.200. The second-order valence-corrected chi connectivity index (χ2v) is 5.91. The predicted molar refractivity (Wildman–Crippen MR) is 96.0 cm³/mol. The van der Waals surface area contributed by atoms with Gasteiger partial charge in [0, 0.05) is 18.7 Å². The highest BCUT2D eigenvalue weighted by Gasteiger charge is 2.16. The molecule has 2 aromatic rings. The molecule has 0 atom stereocenters. The lowest BCUT2D eigenvalue weighted by atomic mass is 10.1. The molecule has 2 aromatic carbocycles. The maximum Gasteiger partial charge on any atom is 0.250 e. The van der Waals surface area contributed by atoms with Gasteiger partial charge in [-0.25, -0.2) is 4.39 Å². The van der Waals surface area contributed by atoms with Gasteiger partial charge < -0.3 is 15.4 Å². The molecule has 0 spiro atoms. The zero-order valence-corrected chi connectivity index (χ0v) is 14.1.